The molecule has 0 aliphatic heterocycles. The van der Waals surface area contributed by atoms with Crippen molar-refractivity contribution in [3.05, 3.63) is 47.5 Å². The predicted octanol–water partition coefficient (Wildman–Crippen LogP) is 2.12. The van der Waals surface area contributed by atoms with Gasteiger partial charge in [0.05, 0.1) is 7.11 Å². The third-order valence-electron chi connectivity index (χ3n) is 3.36. The van der Waals surface area contributed by atoms with Gasteiger partial charge in [-0.25, -0.2) is 13.2 Å². The highest BCUT2D eigenvalue weighted by Crippen LogP contribution is 2.17. The molecule has 1 N–H and O–H groups in total. The Morgan fingerprint density at radius 1 is 1.20 bits per heavy atom. The molecule has 10 heteroatoms. The zero-order chi connectivity index (χ0) is 18.0. The molecule has 0 unspecified atom stereocenters. The molecule has 2 aromatic heterocycles. The number of carbonyl (C=O) groups excluding carboxylic acids is 1. The van der Waals surface area contributed by atoms with Crippen molar-refractivity contribution < 1.29 is 22.7 Å². The maximum atomic E-state index is 13.1. The SMILES string of the molecule is COc1ccc2nnc(CCC(=O)Nc3cc(F)c(F)c(F)c3)n2n1. The molecule has 0 fully saturated rings. The first-order chi connectivity index (χ1) is 12.0. The third kappa shape index (κ3) is 3.52. The number of nitrogens with zero attached hydrogens (tertiary/aromatic N) is 4. The van der Waals surface area contributed by atoms with Gasteiger partial charge in [-0.2, -0.15) is 4.52 Å². The van der Waals surface area contributed by atoms with Gasteiger partial charge in [0, 0.05) is 36.7 Å². The fourth-order valence-electron chi connectivity index (χ4n) is 2.16. The topological polar surface area (TPSA) is 81.4 Å². The monoisotopic (exact) mass is 351 g/mol. The minimum Gasteiger partial charge on any atom is -0.480 e. The van der Waals surface area contributed by atoms with Gasteiger partial charge in [-0.05, 0) is 6.07 Å². The van der Waals surface area contributed by atoms with Crippen molar-refractivity contribution in [1.82, 2.24) is 19.8 Å². The molecular formula is C15H12F3N5O2. The van der Waals surface area contributed by atoms with E-state index in [0.717, 1.165) is 0 Å². The average molecular weight is 351 g/mol. The summed E-state index contributed by atoms with van der Waals surface area (Å²) in [5.74, 6) is -4.10. The molecule has 2 heterocycles. The van der Waals surface area contributed by atoms with Crippen LogP contribution < -0.4 is 10.1 Å². The highest BCUT2D eigenvalue weighted by Gasteiger charge is 2.14. The van der Waals surface area contributed by atoms with Crippen LogP contribution in [0.3, 0.4) is 0 Å². The number of fused-ring (bicyclic) bond motifs is 1. The van der Waals surface area contributed by atoms with Crippen molar-refractivity contribution >= 4 is 17.2 Å². The molecule has 0 saturated heterocycles. The van der Waals surface area contributed by atoms with E-state index in [0.29, 0.717) is 29.5 Å². The van der Waals surface area contributed by atoms with E-state index in [1.54, 1.807) is 12.1 Å². The van der Waals surface area contributed by atoms with Crippen LogP contribution in [0.25, 0.3) is 5.65 Å². The van der Waals surface area contributed by atoms with Crippen LogP contribution in [0.5, 0.6) is 5.88 Å². The Kier molecular flexibility index (Phi) is 4.50. The summed E-state index contributed by atoms with van der Waals surface area (Å²) in [5, 5.41) is 14.3. The first-order valence-electron chi connectivity index (χ1n) is 7.17. The highest BCUT2D eigenvalue weighted by atomic mass is 19.2. The van der Waals surface area contributed by atoms with Crippen molar-refractivity contribution in [2.45, 2.75) is 12.8 Å². The Balaban J connectivity index is 1.68. The fourth-order valence-corrected chi connectivity index (χ4v) is 2.16. The lowest BCUT2D eigenvalue weighted by molar-refractivity contribution is -0.116. The van der Waals surface area contributed by atoms with Gasteiger partial charge in [0.2, 0.25) is 11.8 Å². The summed E-state index contributed by atoms with van der Waals surface area (Å²) in [5.41, 5.74) is 0.311. The molecule has 7 nitrogen and oxygen atoms in total. The van der Waals surface area contributed by atoms with Crippen molar-refractivity contribution in [2.24, 2.45) is 0 Å². The van der Waals surface area contributed by atoms with Crippen LogP contribution in [0.1, 0.15) is 12.2 Å². The first-order valence-corrected chi connectivity index (χ1v) is 7.17. The van der Waals surface area contributed by atoms with E-state index in [9.17, 15) is 18.0 Å². The van der Waals surface area contributed by atoms with Crippen LogP contribution in [0, 0.1) is 17.5 Å². The lowest BCUT2D eigenvalue weighted by Gasteiger charge is -2.06. The van der Waals surface area contributed by atoms with E-state index in [-0.39, 0.29) is 18.5 Å². The number of aryl methyl sites for hydroxylation is 1. The van der Waals surface area contributed by atoms with Crippen LogP contribution >= 0.6 is 0 Å². The Hall–Kier alpha value is -3.17. The molecule has 0 radical (unpaired) electrons. The Labute approximate surface area is 139 Å². The number of aromatic nitrogens is 4. The van der Waals surface area contributed by atoms with Crippen LogP contribution in [-0.4, -0.2) is 32.8 Å². The van der Waals surface area contributed by atoms with Crippen LogP contribution in [-0.2, 0) is 11.2 Å². The van der Waals surface area contributed by atoms with Crippen LogP contribution in [0.15, 0.2) is 24.3 Å². The third-order valence-corrected chi connectivity index (χ3v) is 3.36. The summed E-state index contributed by atoms with van der Waals surface area (Å²) < 4.78 is 45.6. The van der Waals surface area contributed by atoms with Crippen molar-refractivity contribution in [2.75, 3.05) is 12.4 Å². The highest BCUT2D eigenvalue weighted by molar-refractivity contribution is 5.90. The number of rotatable bonds is 5. The number of halogens is 3. The molecule has 0 saturated carbocycles. The number of anilines is 1. The van der Waals surface area contributed by atoms with Gasteiger partial charge in [0.1, 0.15) is 0 Å². The zero-order valence-corrected chi connectivity index (χ0v) is 13.0. The predicted molar refractivity (Wildman–Crippen MR) is 80.6 cm³/mol. The lowest BCUT2D eigenvalue weighted by Crippen LogP contribution is -2.14. The van der Waals surface area contributed by atoms with E-state index in [1.807, 2.05) is 0 Å². The Morgan fingerprint density at radius 2 is 1.92 bits per heavy atom. The van der Waals surface area contributed by atoms with Crippen molar-refractivity contribution in [1.29, 1.82) is 0 Å². The largest absolute Gasteiger partial charge is 0.480 e. The standard InChI is InChI=1S/C15H12F3N5O2/c1-25-14-5-3-12-21-20-11(23(12)22-14)2-4-13(24)19-8-6-9(16)15(18)10(17)7-8/h3,5-7H,2,4H2,1H3,(H,19,24). The Bertz CT molecular complexity index is 921. The molecule has 3 aromatic rings. The number of carbonyl (C=O) groups is 1. The molecule has 0 spiro atoms. The fraction of sp³-hybridized carbons (Fsp3) is 0.200. The van der Waals surface area contributed by atoms with Gasteiger partial charge < -0.3 is 10.1 Å². The van der Waals surface area contributed by atoms with Crippen molar-refractivity contribution in [3.63, 3.8) is 0 Å². The van der Waals surface area contributed by atoms with E-state index in [1.165, 1.54) is 11.6 Å². The molecule has 0 aliphatic carbocycles. The second-order valence-electron chi connectivity index (χ2n) is 5.06. The molecule has 25 heavy (non-hydrogen) atoms. The number of methoxy groups -OCH3 is 1. The number of amides is 1. The van der Waals surface area contributed by atoms with Gasteiger partial charge in [0.15, 0.2) is 28.9 Å². The van der Waals surface area contributed by atoms with Gasteiger partial charge >= 0.3 is 0 Å². The number of hydrogen-bond donors (Lipinski definition) is 1. The summed E-state index contributed by atoms with van der Waals surface area (Å²) in [6.45, 7) is 0. The summed E-state index contributed by atoms with van der Waals surface area (Å²) >= 11 is 0. The smallest absolute Gasteiger partial charge is 0.231 e. The maximum absolute atomic E-state index is 13.1. The first kappa shape index (κ1) is 16.7. The quantitative estimate of drug-likeness (QED) is 0.712. The second kappa shape index (κ2) is 6.75. The van der Waals surface area contributed by atoms with Gasteiger partial charge in [-0.15, -0.1) is 15.3 Å². The molecule has 0 atom stereocenters. The molecule has 3 rings (SSSR count). The minimum absolute atomic E-state index is 0.0414. The molecule has 0 aliphatic rings. The van der Waals surface area contributed by atoms with Gasteiger partial charge in [-0.1, -0.05) is 0 Å². The summed E-state index contributed by atoms with van der Waals surface area (Å²) in [4.78, 5) is 11.9. The van der Waals surface area contributed by atoms with Gasteiger partial charge in [0.25, 0.3) is 0 Å². The lowest BCUT2D eigenvalue weighted by atomic mass is 10.2. The number of ether oxygens (including phenoxy) is 1. The van der Waals surface area contributed by atoms with Crippen molar-refractivity contribution in [3.8, 4) is 5.88 Å². The number of hydrogen-bond acceptors (Lipinski definition) is 5. The van der Waals surface area contributed by atoms with E-state index in [4.69, 9.17) is 4.74 Å². The molecule has 1 aromatic carbocycles. The molecule has 0 bridgehead atoms. The molecular weight excluding hydrogens is 339 g/mol. The summed E-state index contributed by atoms with van der Waals surface area (Å²) in [6.07, 6.45) is 0.139. The summed E-state index contributed by atoms with van der Waals surface area (Å²) in [7, 11) is 1.46. The number of benzene rings is 1. The van der Waals surface area contributed by atoms with E-state index >= 15 is 0 Å². The molecule has 1 amide bonds. The minimum atomic E-state index is -1.59. The van der Waals surface area contributed by atoms with E-state index in [2.05, 4.69) is 20.6 Å². The van der Waals surface area contributed by atoms with Crippen LogP contribution in [0.4, 0.5) is 18.9 Å². The number of nitrogens with one attached hydrogen (secondary N) is 1. The zero-order valence-electron chi connectivity index (χ0n) is 13.0. The Morgan fingerprint density at radius 3 is 2.60 bits per heavy atom. The van der Waals surface area contributed by atoms with Crippen LogP contribution in [0.2, 0.25) is 0 Å². The summed E-state index contributed by atoms with van der Waals surface area (Å²) in [6, 6.07) is 4.69. The van der Waals surface area contributed by atoms with Gasteiger partial charge in [-0.3, -0.25) is 4.79 Å². The normalized spacial score (nSPS) is 10.9. The maximum Gasteiger partial charge on any atom is 0.231 e. The average Bonchev–Trinajstić information content (AvgIpc) is 3.00. The second-order valence-corrected chi connectivity index (χ2v) is 5.06. The van der Waals surface area contributed by atoms with E-state index < -0.39 is 23.4 Å². The molecule has 130 valence electrons.